The van der Waals surface area contributed by atoms with Gasteiger partial charge in [0.15, 0.2) is 0 Å². The van der Waals surface area contributed by atoms with Crippen LogP contribution in [0.25, 0.3) is 0 Å². The minimum Gasteiger partial charge on any atom is -0.481 e. The summed E-state index contributed by atoms with van der Waals surface area (Å²) in [6.45, 7) is 0. The van der Waals surface area contributed by atoms with Crippen LogP contribution >= 0.6 is 0 Å². The highest BCUT2D eigenvalue weighted by Crippen LogP contribution is 2.40. The Kier molecular flexibility index (Phi) is 8.48. The number of aliphatic hydroxyl groups excluding tert-OH is 3. The molecule has 1 aromatic heterocycles. The van der Waals surface area contributed by atoms with Crippen molar-refractivity contribution in [3.63, 3.8) is 0 Å². The molecule has 0 spiro atoms. The van der Waals surface area contributed by atoms with Crippen LogP contribution in [0.15, 0.2) is 24.5 Å². The highest BCUT2D eigenvalue weighted by atomic mass is 16.4. The molecule has 4 N–H and O–H groups in total. The van der Waals surface area contributed by atoms with Gasteiger partial charge in [0, 0.05) is 18.8 Å². The van der Waals surface area contributed by atoms with Crippen LogP contribution in [0.2, 0.25) is 0 Å². The first-order valence-corrected chi connectivity index (χ1v) is 9.65. The molecule has 6 heteroatoms. The molecule has 0 bridgehead atoms. The predicted molar refractivity (Wildman–Crippen MR) is 97.4 cm³/mol. The van der Waals surface area contributed by atoms with Gasteiger partial charge in [0.2, 0.25) is 0 Å². The Bertz CT molecular complexity index is 538. The molecule has 1 heterocycles. The predicted octanol–water partition coefficient (Wildman–Crippen LogP) is 2.68. The Hall–Kier alpha value is -1.50. The van der Waals surface area contributed by atoms with E-state index in [0.29, 0.717) is 25.7 Å². The second-order valence-electron chi connectivity index (χ2n) is 7.42. The van der Waals surface area contributed by atoms with E-state index < -0.39 is 24.3 Å². The van der Waals surface area contributed by atoms with E-state index in [0.717, 1.165) is 31.2 Å². The van der Waals surface area contributed by atoms with Crippen LogP contribution in [-0.4, -0.2) is 43.6 Å². The van der Waals surface area contributed by atoms with Gasteiger partial charge in [-0.05, 0) is 55.6 Å². The molecule has 0 aliphatic heterocycles. The number of carbonyl (C=O) groups is 1. The summed E-state index contributed by atoms with van der Waals surface area (Å²) in [5.74, 6) is -0.715. The fourth-order valence-electron chi connectivity index (χ4n) is 4.08. The van der Waals surface area contributed by atoms with Gasteiger partial charge in [-0.1, -0.05) is 25.3 Å². The summed E-state index contributed by atoms with van der Waals surface area (Å²) in [4.78, 5) is 14.5. The first kappa shape index (κ1) is 20.8. The van der Waals surface area contributed by atoms with E-state index in [2.05, 4.69) is 4.98 Å². The minimum absolute atomic E-state index is 0.00431. The maximum absolute atomic E-state index is 10.5. The summed E-state index contributed by atoms with van der Waals surface area (Å²) >= 11 is 0. The van der Waals surface area contributed by atoms with E-state index in [-0.39, 0.29) is 18.3 Å². The topological polar surface area (TPSA) is 111 Å². The van der Waals surface area contributed by atoms with E-state index in [1.165, 1.54) is 0 Å². The van der Waals surface area contributed by atoms with Crippen LogP contribution in [0, 0.1) is 11.8 Å². The Morgan fingerprint density at radius 3 is 2.46 bits per heavy atom. The van der Waals surface area contributed by atoms with Crippen LogP contribution in [-0.2, 0) is 4.79 Å². The van der Waals surface area contributed by atoms with Gasteiger partial charge >= 0.3 is 5.97 Å². The highest BCUT2D eigenvalue weighted by Gasteiger charge is 2.40. The first-order chi connectivity index (χ1) is 12.5. The van der Waals surface area contributed by atoms with Crippen molar-refractivity contribution in [2.45, 2.75) is 76.1 Å². The van der Waals surface area contributed by atoms with E-state index in [4.69, 9.17) is 5.11 Å². The van der Waals surface area contributed by atoms with E-state index in [9.17, 15) is 20.1 Å². The van der Waals surface area contributed by atoms with Crippen molar-refractivity contribution in [2.75, 3.05) is 0 Å². The van der Waals surface area contributed by atoms with Gasteiger partial charge in [-0.15, -0.1) is 0 Å². The van der Waals surface area contributed by atoms with Crippen molar-refractivity contribution < 1.29 is 25.2 Å². The summed E-state index contributed by atoms with van der Waals surface area (Å²) in [5, 5.41) is 39.5. The fourth-order valence-corrected chi connectivity index (χ4v) is 4.08. The third kappa shape index (κ3) is 6.34. The third-order valence-corrected chi connectivity index (χ3v) is 5.54. The second kappa shape index (κ2) is 10.6. The number of nitrogens with zero attached hydrogens (tertiary/aromatic N) is 1. The van der Waals surface area contributed by atoms with Crippen molar-refractivity contribution >= 4 is 5.97 Å². The maximum Gasteiger partial charge on any atom is 0.303 e. The van der Waals surface area contributed by atoms with Crippen molar-refractivity contribution in [3.05, 3.63) is 30.1 Å². The molecule has 0 aromatic carbocycles. The van der Waals surface area contributed by atoms with Crippen LogP contribution < -0.4 is 0 Å². The van der Waals surface area contributed by atoms with E-state index in [1.807, 2.05) is 6.07 Å². The molecule has 0 saturated heterocycles. The second-order valence-corrected chi connectivity index (χ2v) is 7.42. The van der Waals surface area contributed by atoms with Gasteiger partial charge in [-0.3, -0.25) is 9.78 Å². The summed E-state index contributed by atoms with van der Waals surface area (Å²) in [6, 6.07) is 3.63. The number of pyridine rings is 1. The van der Waals surface area contributed by atoms with Crippen molar-refractivity contribution in [1.29, 1.82) is 0 Å². The molecule has 0 radical (unpaired) electrons. The smallest absolute Gasteiger partial charge is 0.303 e. The van der Waals surface area contributed by atoms with Crippen LogP contribution in [0.4, 0.5) is 0 Å². The molecule has 1 aliphatic rings. The summed E-state index contributed by atoms with van der Waals surface area (Å²) < 4.78 is 0. The number of hydrogen-bond donors (Lipinski definition) is 4. The van der Waals surface area contributed by atoms with Crippen molar-refractivity contribution in [3.8, 4) is 0 Å². The van der Waals surface area contributed by atoms with E-state index in [1.54, 1.807) is 18.5 Å². The molecule has 146 valence electrons. The van der Waals surface area contributed by atoms with Gasteiger partial charge in [-0.25, -0.2) is 0 Å². The number of aromatic nitrogens is 1. The van der Waals surface area contributed by atoms with Gasteiger partial charge in [0.05, 0.1) is 18.3 Å². The molecule has 2 unspecified atom stereocenters. The SMILES string of the molecule is O=C(O)CCCCCC[C@@H]1C(CCC(O)c2cccnc2)[C@H](O)C[C@@H]1O. The number of aliphatic hydroxyl groups is 3. The lowest BCUT2D eigenvalue weighted by Gasteiger charge is -2.24. The zero-order valence-corrected chi connectivity index (χ0v) is 15.2. The largest absolute Gasteiger partial charge is 0.481 e. The van der Waals surface area contributed by atoms with Crippen LogP contribution in [0.3, 0.4) is 0 Å². The Morgan fingerprint density at radius 1 is 1.12 bits per heavy atom. The molecule has 1 fully saturated rings. The maximum atomic E-state index is 10.5. The molecule has 1 aromatic rings. The van der Waals surface area contributed by atoms with Gasteiger partial charge < -0.3 is 20.4 Å². The van der Waals surface area contributed by atoms with Gasteiger partial charge in [0.25, 0.3) is 0 Å². The Morgan fingerprint density at radius 2 is 1.81 bits per heavy atom. The molecule has 2 rings (SSSR count). The first-order valence-electron chi connectivity index (χ1n) is 9.65. The highest BCUT2D eigenvalue weighted by molar-refractivity contribution is 5.66. The normalized spacial score (nSPS) is 26.7. The molecule has 1 aliphatic carbocycles. The molecule has 0 amide bonds. The number of rotatable bonds is 11. The fraction of sp³-hybridized carbons (Fsp3) is 0.700. The Balaban J connectivity index is 1.76. The van der Waals surface area contributed by atoms with Gasteiger partial charge in [-0.2, -0.15) is 0 Å². The summed E-state index contributed by atoms with van der Waals surface area (Å²) in [5.41, 5.74) is 0.774. The molecule has 26 heavy (non-hydrogen) atoms. The Labute approximate surface area is 154 Å². The van der Waals surface area contributed by atoms with Gasteiger partial charge in [0.1, 0.15) is 0 Å². The molecule has 1 saturated carbocycles. The van der Waals surface area contributed by atoms with Crippen molar-refractivity contribution in [2.24, 2.45) is 11.8 Å². The van der Waals surface area contributed by atoms with Crippen LogP contribution in [0.1, 0.15) is 69.5 Å². The number of carboxylic acid groups (broad SMARTS) is 1. The lowest BCUT2D eigenvalue weighted by molar-refractivity contribution is -0.137. The van der Waals surface area contributed by atoms with Crippen LogP contribution in [0.5, 0.6) is 0 Å². The third-order valence-electron chi connectivity index (χ3n) is 5.54. The molecular formula is C20H31NO5. The number of hydrogen-bond acceptors (Lipinski definition) is 5. The standard InChI is InChI=1S/C20H31NO5/c22-17(14-6-5-11-21-13-14)10-9-16-15(18(23)12-19(16)24)7-3-1-2-4-8-20(25)26/h5-6,11,13,15-19,22-24H,1-4,7-10,12H2,(H,25,26)/t15-,16?,17?,18+,19-/m1/s1. The monoisotopic (exact) mass is 365 g/mol. The lowest BCUT2D eigenvalue weighted by Crippen LogP contribution is -2.23. The molecular weight excluding hydrogens is 334 g/mol. The quantitative estimate of drug-likeness (QED) is 0.449. The zero-order chi connectivity index (χ0) is 18.9. The zero-order valence-electron chi connectivity index (χ0n) is 15.2. The number of unbranched alkanes of at least 4 members (excludes halogenated alkanes) is 3. The average Bonchev–Trinajstić information content (AvgIpc) is 2.89. The number of carboxylic acids is 1. The average molecular weight is 365 g/mol. The van der Waals surface area contributed by atoms with E-state index >= 15 is 0 Å². The summed E-state index contributed by atoms with van der Waals surface area (Å²) in [6.07, 6.45) is 7.77. The van der Waals surface area contributed by atoms with Crippen molar-refractivity contribution in [1.82, 2.24) is 4.98 Å². The lowest BCUT2D eigenvalue weighted by atomic mass is 9.84. The minimum atomic E-state index is -0.758. The number of aliphatic carboxylic acids is 1. The molecule has 5 atom stereocenters. The molecule has 6 nitrogen and oxygen atoms in total. The summed E-state index contributed by atoms with van der Waals surface area (Å²) in [7, 11) is 0.